The van der Waals surface area contributed by atoms with Crippen LogP contribution < -0.4 is 4.72 Å². The molecule has 1 aromatic carbocycles. The van der Waals surface area contributed by atoms with Crippen molar-refractivity contribution in [2.75, 3.05) is 7.05 Å². The Bertz CT molecular complexity index is 459. The fourth-order valence-electron chi connectivity index (χ4n) is 1.17. The molecule has 0 aliphatic rings. The second-order valence-corrected chi connectivity index (χ2v) is 6.11. The van der Waals surface area contributed by atoms with Gasteiger partial charge in [0.1, 0.15) is 0 Å². The molecule has 0 radical (unpaired) electrons. The van der Waals surface area contributed by atoms with Crippen LogP contribution in [0.25, 0.3) is 0 Å². The predicted octanol–water partition coefficient (Wildman–Crippen LogP) is 2.60. The monoisotopic (exact) mass is 267 g/mol. The molecular formula is C9H11Cl2NO2S. The molecule has 0 spiro atoms. The zero-order valence-electron chi connectivity index (χ0n) is 8.29. The van der Waals surface area contributed by atoms with Gasteiger partial charge >= 0.3 is 0 Å². The summed E-state index contributed by atoms with van der Waals surface area (Å²) in [6.45, 7) is 1.56. The first kappa shape index (κ1) is 12.8. The molecule has 1 atom stereocenters. The van der Waals surface area contributed by atoms with Crippen LogP contribution >= 0.6 is 23.2 Å². The van der Waals surface area contributed by atoms with Gasteiger partial charge in [-0.15, -0.1) is 0 Å². The van der Waals surface area contributed by atoms with Gasteiger partial charge in [-0.3, -0.25) is 0 Å². The van der Waals surface area contributed by atoms with E-state index in [2.05, 4.69) is 4.72 Å². The zero-order chi connectivity index (χ0) is 11.6. The van der Waals surface area contributed by atoms with E-state index in [-0.39, 0.29) is 0 Å². The summed E-state index contributed by atoms with van der Waals surface area (Å²) >= 11 is 11.7. The van der Waals surface area contributed by atoms with E-state index in [1.54, 1.807) is 25.1 Å². The SMILES string of the molecule is CNS(=O)(=O)C(C)c1cc(Cl)ccc1Cl. The van der Waals surface area contributed by atoms with Crippen LogP contribution in [0.1, 0.15) is 17.7 Å². The minimum atomic E-state index is -3.38. The lowest BCUT2D eigenvalue weighted by Gasteiger charge is -2.13. The molecule has 0 aliphatic carbocycles. The number of hydrogen-bond acceptors (Lipinski definition) is 2. The number of sulfonamides is 1. The second-order valence-electron chi connectivity index (χ2n) is 3.06. The molecular weight excluding hydrogens is 257 g/mol. The van der Waals surface area contributed by atoms with Gasteiger partial charge in [0, 0.05) is 10.0 Å². The van der Waals surface area contributed by atoms with Crippen LogP contribution in [0.2, 0.25) is 10.0 Å². The molecule has 1 unspecified atom stereocenters. The highest BCUT2D eigenvalue weighted by Gasteiger charge is 2.22. The maximum absolute atomic E-state index is 11.6. The Labute approximate surface area is 99.4 Å². The Hall–Kier alpha value is -0.290. The van der Waals surface area contributed by atoms with Gasteiger partial charge in [0.15, 0.2) is 0 Å². The minimum absolute atomic E-state index is 0.394. The third-order valence-corrected chi connectivity index (χ3v) is 4.48. The van der Waals surface area contributed by atoms with Crippen molar-refractivity contribution >= 4 is 33.2 Å². The van der Waals surface area contributed by atoms with E-state index in [0.717, 1.165) is 0 Å². The average Bonchev–Trinajstić information content (AvgIpc) is 2.20. The highest BCUT2D eigenvalue weighted by Crippen LogP contribution is 2.30. The van der Waals surface area contributed by atoms with Gasteiger partial charge in [-0.25, -0.2) is 13.1 Å². The van der Waals surface area contributed by atoms with Crippen molar-refractivity contribution < 1.29 is 8.42 Å². The summed E-state index contributed by atoms with van der Waals surface area (Å²) in [4.78, 5) is 0. The Morgan fingerprint density at radius 1 is 1.33 bits per heavy atom. The van der Waals surface area contributed by atoms with Crippen molar-refractivity contribution in [2.24, 2.45) is 0 Å². The van der Waals surface area contributed by atoms with Crippen molar-refractivity contribution in [1.29, 1.82) is 0 Å². The molecule has 0 fully saturated rings. The molecule has 0 bridgehead atoms. The van der Waals surface area contributed by atoms with Crippen LogP contribution in [0.3, 0.4) is 0 Å². The molecule has 0 saturated carbocycles. The van der Waals surface area contributed by atoms with E-state index >= 15 is 0 Å². The quantitative estimate of drug-likeness (QED) is 0.915. The summed E-state index contributed by atoms with van der Waals surface area (Å²) < 4.78 is 25.4. The molecule has 15 heavy (non-hydrogen) atoms. The Kier molecular flexibility index (Phi) is 4.00. The van der Waals surface area contributed by atoms with Crippen LogP contribution in [0.4, 0.5) is 0 Å². The molecule has 0 amide bonds. The van der Waals surface area contributed by atoms with Crippen molar-refractivity contribution in [3.63, 3.8) is 0 Å². The van der Waals surface area contributed by atoms with E-state index < -0.39 is 15.3 Å². The van der Waals surface area contributed by atoms with Gasteiger partial charge in [-0.05, 0) is 37.7 Å². The highest BCUT2D eigenvalue weighted by molar-refractivity contribution is 7.89. The molecule has 0 aliphatic heterocycles. The summed E-state index contributed by atoms with van der Waals surface area (Å²) in [5.41, 5.74) is 0.499. The maximum Gasteiger partial charge on any atom is 0.218 e. The normalized spacial score (nSPS) is 13.9. The minimum Gasteiger partial charge on any atom is -0.218 e. The summed E-state index contributed by atoms with van der Waals surface area (Å²) in [5.74, 6) is 0. The number of hydrogen-bond donors (Lipinski definition) is 1. The average molecular weight is 268 g/mol. The highest BCUT2D eigenvalue weighted by atomic mass is 35.5. The largest absolute Gasteiger partial charge is 0.218 e. The van der Waals surface area contributed by atoms with Crippen LogP contribution in [0, 0.1) is 0 Å². The Balaban J connectivity index is 3.22. The summed E-state index contributed by atoms with van der Waals surface area (Å²) in [5, 5.41) is 0.131. The van der Waals surface area contributed by atoms with Crippen LogP contribution in [-0.4, -0.2) is 15.5 Å². The topological polar surface area (TPSA) is 46.2 Å². The van der Waals surface area contributed by atoms with Gasteiger partial charge in [-0.2, -0.15) is 0 Å². The standard InChI is InChI=1S/C9H11Cl2NO2S/c1-6(15(13,14)12-2)8-5-7(10)3-4-9(8)11/h3-6,12H,1-2H3. The second kappa shape index (κ2) is 4.70. The number of benzene rings is 1. The van der Waals surface area contributed by atoms with E-state index in [1.807, 2.05) is 0 Å². The van der Waals surface area contributed by atoms with Crippen molar-refractivity contribution in [3.05, 3.63) is 33.8 Å². The first-order valence-electron chi connectivity index (χ1n) is 4.26. The van der Waals surface area contributed by atoms with Crippen molar-refractivity contribution in [2.45, 2.75) is 12.2 Å². The molecule has 1 rings (SSSR count). The first-order valence-corrected chi connectivity index (χ1v) is 6.56. The number of halogens is 2. The maximum atomic E-state index is 11.6. The molecule has 84 valence electrons. The number of nitrogens with one attached hydrogen (secondary N) is 1. The first-order chi connectivity index (χ1) is 6.88. The smallest absolute Gasteiger partial charge is 0.218 e. The summed E-state index contributed by atoms with van der Waals surface area (Å²) in [6, 6.07) is 4.76. The van der Waals surface area contributed by atoms with E-state index in [1.165, 1.54) is 7.05 Å². The third-order valence-electron chi connectivity index (χ3n) is 2.15. The molecule has 0 heterocycles. The van der Waals surface area contributed by atoms with Gasteiger partial charge < -0.3 is 0 Å². The van der Waals surface area contributed by atoms with Crippen LogP contribution in [-0.2, 0) is 10.0 Å². The van der Waals surface area contributed by atoms with E-state index in [9.17, 15) is 8.42 Å². The predicted molar refractivity (Wildman–Crippen MR) is 62.9 cm³/mol. The lowest BCUT2D eigenvalue weighted by Crippen LogP contribution is -2.24. The molecule has 3 nitrogen and oxygen atoms in total. The number of rotatable bonds is 3. The third kappa shape index (κ3) is 2.84. The molecule has 0 saturated heterocycles. The zero-order valence-corrected chi connectivity index (χ0v) is 10.6. The van der Waals surface area contributed by atoms with E-state index in [0.29, 0.717) is 15.6 Å². The fraction of sp³-hybridized carbons (Fsp3) is 0.333. The van der Waals surface area contributed by atoms with Gasteiger partial charge in [0.2, 0.25) is 10.0 Å². The molecule has 6 heteroatoms. The lowest BCUT2D eigenvalue weighted by atomic mass is 10.2. The molecule has 1 N–H and O–H groups in total. The molecule has 0 aromatic heterocycles. The summed E-state index contributed by atoms with van der Waals surface area (Å²) in [7, 11) is -2.02. The Morgan fingerprint density at radius 3 is 2.47 bits per heavy atom. The van der Waals surface area contributed by atoms with Crippen molar-refractivity contribution in [1.82, 2.24) is 4.72 Å². The van der Waals surface area contributed by atoms with Gasteiger partial charge in [0.25, 0.3) is 0 Å². The van der Waals surface area contributed by atoms with E-state index in [4.69, 9.17) is 23.2 Å². The van der Waals surface area contributed by atoms with Gasteiger partial charge in [-0.1, -0.05) is 23.2 Å². The van der Waals surface area contributed by atoms with Gasteiger partial charge in [0.05, 0.1) is 5.25 Å². The van der Waals surface area contributed by atoms with Crippen LogP contribution in [0.15, 0.2) is 18.2 Å². The lowest BCUT2D eigenvalue weighted by molar-refractivity contribution is 0.578. The molecule has 1 aromatic rings. The van der Waals surface area contributed by atoms with Crippen LogP contribution in [0.5, 0.6) is 0 Å². The van der Waals surface area contributed by atoms with Crippen molar-refractivity contribution in [3.8, 4) is 0 Å². The fourth-order valence-corrected chi connectivity index (χ4v) is 2.58. The Morgan fingerprint density at radius 2 is 1.93 bits per heavy atom. The summed E-state index contributed by atoms with van der Waals surface area (Å²) in [6.07, 6.45) is 0.